The topological polar surface area (TPSA) is 58.6 Å². The number of methoxy groups -OCH3 is 1. The fraction of sp³-hybridized carbons (Fsp3) is 0.438. The van der Waals surface area contributed by atoms with Gasteiger partial charge in [0.1, 0.15) is 10.6 Å². The molecule has 7 heteroatoms. The molecule has 1 aliphatic heterocycles. The Bertz CT molecular complexity index is 622. The summed E-state index contributed by atoms with van der Waals surface area (Å²) in [4.78, 5) is 17.1. The second-order valence-electron chi connectivity index (χ2n) is 5.51. The summed E-state index contributed by atoms with van der Waals surface area (Å²) in [5.74, 6) is 0.938. The summed E-state index contributed by atoms with van der Waals surface area (Å²) >= 11 is 1.16. The van der Waals surface area contributed by atoms with Crippen molar-refractivity contribution in [2.75, 3.05) is 39.8 Å². The number of hydrogen-bond acceptors (Lipinski definition) is 6. The van der Waals surface area contributed by atoms with E-state index in [1.165, 1.54) is 5.56 Å². The second kappa shape index (κ2) is 7.52. The van der Waals surface area contributed by atoms with E-state index in [1.54, 1.807) is 13.3 Å². The van der Waals surface area contributed by atoms with Gasteiger partial charge in [-0.2, -0.15) is 0 Å². The molecule has 1 aromatic carbocycles. The molecule has 23 heavy (non-hydrogen) atoms. The number of ether oxygens (including phenoxy) is 1. The van der Waals surface area contributed by atoms with Crippen LogP contribution in [-0.4, -0.2) is 65.1 Å². The van der Waals surface area contributed by atoms with Gasteiger partial charge in [0.2, 0.25) is 0 Å². The molecule has 0 bridgehead atoms. The lowest BCUT2D eigenvalue weighted by Gasteiger charge is -2.34. The van der Waals surface area contributed by atoms with Gasteiger partial charge in [-0.3, -0.25) is 9.69 Å². The first-order valence-corrected chi connectivity index (χ1v) is 8.45. The molecule has 6 nitrogen and oxygen atoms in total. The van der Waals surface area contributed by atoms with E-state index in [9.17, 15) is 4.79 Å². The zero-order valence-electron chi connectivity index (χ0n) is 13.1. The standard InChI is InChI=1S/C16H20N4O2S/c1-22-14-4-2-13(3-5-14)6-7-19-8-10-20(11-9-19)16(21)15-12-17-18-23-15/h2-5,12H,6-11H2,1H3. The molecule has 0 unspecified atom stereocenters. The van der Waals surface area contributed by atoms with Crippen LogP contribution in [0.15, 0.2) is 30.5 Å². The van der Waals surface area contributed by atoms with E-state index in [0.29, 0.717) is 4.88 Å². The Balaban J connectivity index is 1.44. The fourth-order valence-electron chi connectivity index (χ4n) is 2.67. The van der Waals surface area contributed by atoms with Crippen LogP contribution in [0.25, 0.3) is 0 Å². The van der Waals surface area contributed by atoms with E-state index in [1.807, 2.05) is 17.0 Å². The number of amides is 1. The average molecular weight is 332 g/mol. The Kier molecular flexibility index (Phi) is 5.19. The Labute approximate surface area is 139 Å². The number of carbonyl (C=O) groups is 1. The molecule has 0 spiro atoms. The van der Waals surface area contributed by atoms with Gasteiger partial charge in [0, 0.05) is 32.7 Å². The van der Waals surface area contributed by atoms with Crippen LogP contribution in [0.1, 0.15) is 15.2 Å². The first kappa shape index (κ1) is 15.9. The number of nitrogens with zero attached hydrogens (tertiary/aromatic N) is 4. The molecule has 0 saturated carbocycles. The highest BCUT2D eigenvalue weighted by Gasteiger charge is 2.23. The summed E-state index contributed by atoms with van der Waals surface area (Å²) in [6.07, 6.45) is 2.56. The molecule has 1 aromatic heterocycles. The minimum atomic E-state index is 0.0507. The molecule has 0 radical (unpaired) electrons. The Morgan fingerprint density at radius 2 is 1.96 bits per heavy atom. The molecule has 0 N–H and O–H groups in total. The number of benzene rings is 1. The van der Waals surface area contributed by atoms with Crippen molar-refractivity contribution in [3.63, 3.8) is 0 Å². The van der Waals surface area contributed by atoms with Crippen LogP contribution in [0, 0.1) is 0 Å². The quantitative estimate of drug-likeness (QED) is 0.831. The molecule has 2 aromatic rings. The third-order valence-corrected chi connectivity index (χ3v) is 4.76. The summed E-state index contributed by atoms with van der Waals surface area (Å²) in [5.41, 5.74) is 1.31. The molecule has 2 heterocycles. The summed E-state index contributed by atoms with van der Waals surface area (Å²) in [7, 11) is 1.68. The molecule has 1 fully saturated rings. The lowest BCUT2D eigenvalue weighted by atomic mass is 10.1. The van der Waals surface area contributed by atoms with Crippen LogP contribution in [0.2, 0.25) is 0 Å². The predicted octanol–water partition coefficient (Wildman–Crippen LogP) is 1.55. The van der Waals surface area contributed by atoms with Crippen LogP contribution in [0.5, 0.6) is 5.75 Å². The lowest BCUT2D eigenvalue weighted by molar-refractivity contribution is 0.0643. The SMILES string of the molecule is COc1ccc(CCN2CCN(C(=O)c3cnns3)CC2)cc1. The van der Waals surface area contributed by atoms with Crippen molar-refractivity contribution in [1.29, 1.82) is 0 Å². The maximum Gasteiger partial charge on any atom is 0.267 e. The molecule has 0 atom stereocenters. The van der Waals surface area contributed by atoms with E-state index < -0.39 is 0 Å². The molecule has 1 saturated heterocycles. The van der Waals surface area contributed by atoms with Crippen LogP contribution < -0.4 is 4.74 Å². The zero-order valence-corrected chi connectivity index (χ0v) is 14.0. The van der Waals surface area contributed by atoms with Gasteiger partial charge in [0.25, 0.3) is 5.91 Å². The predicted molar refractivity (Wildman–Crippen MR) is 89.0 cm³/mol. The molecular weight excluding hydrogens is 312 g/mol. The molecular formula is C16H20N4O2S. The van der Waals surface area contributed by atoms with E-state index in [0.717, 1.165) is 56.4 Å². The average Bonchev–Trinajstić information content (AvgIpc) is 3.15. The molecule has 3 rings (SSSR count). The van der Waals surface area contributed by atoms with Crippen molar-refractivity contribution in [1.82, 2.24) is 19.4 Å². The molecule has 122 valence electrons. The van der Waals surface area contributed by atoms with Crippen molar-refractivity contribution < 1.29 is 9.53 Å². The normalized spacial score (nSPS) is 15.6. The van der Waals surface area contributed by atoms with Gasteiger partial charge in [-0.25, -0.2) is 0 Å². The van der Waals surface area contributed by atoms with Crippen molar-refractivity contribution in [2.24, 2.45) is 0 Å². The van der Waals surface area contributed by atoms with E-state index in [-0.39, 0.29) is 5.91 Å². The van der Waals surface area contributed by atoms with Crippen LogP contribution in [0.4, 0.5) is 0 Å². The van der Waals surface area contributed by atoms with Crippen LogP contribution in [-0.2, 0) is 6.42 Å². The summed E-state index contributed by atoms with van der Waals surface area (Å²) < 4.78 is 8.93. The van der Waals surface area contributed by atoms with Crippen LogP contribution >= 0.6 is 11.5 Å². The maximum absolute atomic E-state index is 12.2. The first-order valence-electron chi connectivity index (χ1n) is 7.68. The van der Waals surface area contributed by atoms with Crippen molar-refractivity contribution in [3.05, 3.63) is 40.9 Å². The van der Waals surface area contributed by atoms with Gasteiger partial charge >= 0.3 is 0 Å². The van der Waals surface area contributed by atoms with Crippen molar-refractivity contribution in [3.8, 4) is 5.75 Å². The Morgan fingerprint density at radius 3 is 2.57 bits per heavy atom. The van der Waals surface area contributed by atoms with Crippen molar-refractivity contribution >= 4 is 17.4 Å². The van der Waals surface area contributed by atoms with Gasteiger partial charge in [-0.1, -0.05) is 16.6 Å². The summed E-state index contributed by atoms with van der Waals surface area (Å²) in [6, 6.07) is 8.20. The van der Waals surface area contributed by atoms with Crippen molar-refractivity contribution in [2.45, 2.75) is 6.42 Å². The lowest BCUT2D eigenvalue weighted by Crippen LogP contribution is -2.49. The smallest absolute Gasteiger partial charge is 0.267 e. The Morgan fingerprint density at radius 1 is 1.22 bits per heavy atom. The van der Waals surface area contributed by atoms with Gasteiger partial charge in [0.15, 0.2) is 0 Å². The third kappa shape index (κ3) is 4.05. The highest BCUT2D eigenvalue weighted by atomic mass is 32.1. The molecule has 0 aliphatic carbocycles. The minimum absolute atomic E-state index is 0.0507. The number of piperazine rings is 1. The second-order valence-corrected chi connectivity index (χ2v) is 6.30. The van der Waals surface area contributed by atoms with E-state index in [4.69, 9.17) is 4.74 Å². The maximum atomic E-state index is 12.2. The highest BCUT2D eigenvalue weighted by Crippen LogP contribution is 2.13. The van der Waals surface area contributed by atoms with Crippen LogP contribution in [0.3, 0.4) is 0 Å². The number of carbonyl (C=O) groups excluding carboxylic acids is 1. The zero-order chi connectivity index (χ0) is 16.1. The van der Waals surface area contributed by atoms with E-state index in [2.05, 4.69) is 26.6 Å². The van der Waals surface area contributed by atoms with E-state index >= 15 is 0 Å². The third-order valence-electron chi connectivity index (χ3n) is 4.11. The molecule has 1 amide bonds. The number of aromatic nitrogens is 2. The largest absolute Gasteiger partial charge is 0.497 e. The number of rotatable bonds is 5. The van der Waals surface area contributed by atoms with Gasteiger partial charge < -0.3 is 9.64 Å². The molecule has 1 aliphatic rings. The summed E-state index contributed by atoms with van der Waals surface area (Å²) in [6.45, 7) is 4.36. The fourth-order valence-corrected chi connectivity index (χ4v) is 3.15. The highest BCUT2D eigenvalue weighted by molar-refractivity contribution is 7.07. The minimum Gasteiger partial charge on any atom is -0.497 e. The Hall–Kier alpha value is -1.99. The number of hydrogen-bond donors (Lipinski definition) is 0. The first-order chi connectivity index (χ1) is 11.3. The van der Waals surface area contributed by atoms with Gasteiger partial charge in [0.05, 0.1) is 13.3 Å². The van der Waals surface area contributed by atoms with Gasteiger partial charge in [-0.05, 0) is 35.6 Å². The monoisotopic (exact) mass is 332 g/mol. The summed E-state index contributed by atoms with van der Waals surface area (Å²) in [5, 5.41) is 3.73. The van der Waals surface area contributed by atoms with Gasteiger partial charge in [-0.15, -0.1) is 5.10 Å².